The second-order valence-electron chi connectivity index (χ2n) is 6.40. The van der Waals surface area contributed by atoms with E-state index in [0.717, 1.165) is 5.56 Å². The first-order chi connectivity index (χ1) is 14.4. The Kier molecular flexibility index (Phi) is 8.96. The molecule has 2 rings (SSSR count). The van der Waals surface area contributed by atoms with Crippen LogP contribution in [0, 0.1) is 0 Å². The number of ether oxygens (including phenoxy) is 1. The number of nitrogens with one attached hydrogen (secondary N) is 2. The van der Waals surface area contributed by atoms with Gasteiger partial charge in [-0.15, -0.1) is 0 Å². The van der Waals surface area contributed by atoms with Gasteiger partial charge < -0.3 is 20.3 Å². The summed E-state index contributed by atoms with van der Waals surface area (Å²) in [6, 6.07) is 16.6. The zero-order valence-corrected chi connectivity index (χ0v) is 17.8. The molecule has 0 aromatic heterocycles. The SMILES string of the molecule is CCOC(=O)CCC(=O)NC(=S)N(C)c1ccccc1C(=O)NCc1ccccc1. The van der Waals surface area contributed by atoms with Gasteiger partial charge in [0.25, 0.3) is 5.91 Å². The summed E-state index contributed by atoms with van der Waals surface area (Å²) in [5, 5.41) is 5.60. The molecule has 0 saturated heterocycles. The second-order valence-corrected chi connectivity index (χ2v) is 6.79. The van der Waals surface area contributed by atoms with Gasteiger partial charge in [-0.2, -0.15) is 0 Å². The van der Waals surface area contributed by atoms with Crippen LogP contribution in [-0.4, -0.2) is 36.6 Å². The normalized spacial score (nSPS) is 10.1. The third-order valence-electron chi connectivity index (χ3n) is 4.22. The molecule has 30 heavy (non-hydrogen) atoms. The van der Waals surface area contributed by atoms with E-state index in [1.807, 2.05) is 30.3 Å². The third kappa shape index (κ3) is 6.97. The first-order valence-corrected chi connectivity index (χ1v) is 9.97. The average Bonchev–Trinajstić information content (AvgIpc) is 2.76. The highest BCUT2D eigenvalue weighted by Crippen LogP contribution is 2.19. The zero-order valence-electron chi connectivity index (χ0n) is 17.0. The molecule has 0 atom stereocenters. The van der Waals surface area contributed by atoms with Crippen LogP contribution in [0.3, 0.4) is 0 Å². The Bertz CT molecular complexity index is 902. The molecule has 0 heterocycles. The molecule has 8 heteroatoms. The van der Waals surface area contributed by atoms with Gasteiger partial charge in [-0.1, -0.05) is 42.5 Å². The molecule has 0 unspecified atom stereocenters. The van der Waals surface area contributed by atoms with Crippen LogP contribution in [0.15, 0.2) is 54.6 Å². The van der Waals surface area contributed by atoms with Gasteiger partial charge in [0.05, 0.1) is 24.3 Å². The predicted octanol–water partition coefficient (Wildman–Crippen LogP) is 2.80. The molecule has 0 bridgehead atoms. The smallest absolute Gasteiger partial charge is 0.306 e. The maximum atomic E-state index is 12.7. The maximum absolute atomic E-state index is 12.7. The Morgan fingerprint density at radius 2 is 1.67 bits per heavy atom. The molecule has 0 aliphatic carbocycles. The summed E-state index contributed by atoms with van der Waals surface area (Å²) in [6.07, 6.45) is -0.0590. The van der Waals surface area contributed by atoms with E-state index >= 15 is 0 Å². The van der Waals surface area contributed by atoms with E-state index in [1.165, 1.54) is 0 Å². The molecule has 2 amide bonds. The number of anilines is 1. The first-order valence-electron chi connectivity index (χ1n) is 9.56. The minimum atomic E-state index is -0.438. The number of esters is 1. The van der Waals surface area contributed by atoms with Crippen LogP contribution in [0.5, 0.6) is 0 Å². The molecule has 0 spiro atoms. The predicted molar refractivity (Wildman–Crippen MR) is 119 cm³/mol. The van der Waals surface area contributed by atoms with E-state index in [2.05, 4.69) is 10.6 Å². The number of hydrogen-bond acceptors (Lipinski definition) is 5. The van der Waals surface area contributed by atoms with Gasteiger partial charge in [0.1, 0.15) is 0 Å². The molecule has 158 valence electrons. The first kappa shape index (κ1) is 23.0. The maximum Gasteiger partial charge on any atom is 0.306 e. The van der Waals surface area contributed by atoms with E-state index in [0.29, 0.717) is 17.8 Å². The zero-order chi connectivity index (χ0) is 21.9. The molecule has 0 saturated carbocycles. The summed E-state index contributed by atoms with van der Waals surface area (Å²) in [7, 11) is 1.66. The fraction of sp³-hybridized carbons (Fsp3) is 0.273. The molecular formula is C22H25N3O4S. The van der Waals surface area contributed by atoms with Crippen LogP contribution in [-0.2, 0) is 20.9 Å². The van der Waals surface area contributed by atoms with Gasteiger partial charge in [0.15, 0.2) is 5.11 Å². The molecule has 2 aromatic carbocycles. The fourth-order valence-electron chi connectivity index (χ4n) is 2.66. The number of carbonyl (C=O) groups excluding carboxylic acids is 3. The van der Waals surface area contributed by atoms with Crippen LogP contribution in [0.25, 0.3) is 0 Å². The lowest BCUT2D eigenvalue weighted by Crippen LogP contribution is -2.41. The average molecular weight is 428 g/mol. The van der Waals surface area contributed by atoms with Crippen LogP contribution in [0.2, 0.25) is 0 Å². The molecule has 2 aromatic rings. The molecule has 2 N–H and O–H groups in total. The van der Waals surface area contributed by atoms with Crippen molar-refractivity contribution in [2.75, 3.05) is 18.6 Å². The minimum absolute atomic E-state index is 0.0233. The summed E-state index contributed by atoms with van der Waals surface area (Å²) < 4.78 is 4.80. The molecule has 7 nitrogen and oxygen atoms in total. The van der Waals surface area contributed by atoms with E-state index in [4.69, 9.17) is 17.0 Å². The molecule has 0 aliphatic rings. The number of thiocarbonyl (C=S) groups is 1. The Morgan fingerprint density at radius 3 is 2.37 bits per heavy atom. The lowest BCUT2D eigenvalue weighted by molar-refractivity contribution is -0.144. The summed E-state index contributed by atoms with van der Waals surface area (Å²) in [5.74, 6) is -1.09. The van der Waals surface area contributed by atoms with Crippen molar-refractivity contribution in [1.82, 2.24) is 10.6 Å². The van der Waals surface area contributed by atoms with Gasteiger partial charge in [0.2, 0.25) is 5.91 Å². The summed E-state index contributed by atoms with van der Waals surface area (Å²) in [5.41, 5.74) is 1.97. The van der Waals surface area contributed by atoms with Crippen molar-refractivity contribution >= 4 is 40.8 Å². The van der Waals surface area contributed by atoms with E-state index in [-0.39, 0.29) is 30.5 Å². The van der Waals surface area contributed by atoms with Crippen molar-refractivity contribution in [3.63, 3.8) is 0 Å². The van der Waals surface area contributed by atoms with Crippen molar-refractivity contribution in [2.24, 2.45) is 0 Å². The van der Waals surface area contributed by atoms with E-state index < -0.39 is 11.9 Å². The number of hydrogen-bond donors (Lipinski definition) is 2. The van der Waals surface area contributed by atoms with Crippen LogP contribution in [0.4, 0.5) is 5.69 Å². The third-order valence-corrected chi connectivity index (χ3v) is 4.59. The van der Waals surface area contributed by atoms with Crippen LogP contribution in [0.1, 0.15) is 35.7 Å². The summed E-state index contributed by atoms with van der Waals surface area (Å²) >= 11 is 5.30. The van der Waals surface area contributed by atoms with Gasteiger partial charge in [-0.05, 0) is 36.8 Å². The van der Waals surface area contributed by atoms with Gasteiger partial charge in [-0.25, -0.2) is 0 Å². The fourth-order valence-corrected chi connectivity index (χ4v) is 2.87. The number of rotatable bonds is 8. The van der Waals surface area contributed by atoms with Crippen molar-refractivity contribution in [2.45, 2.75) is 26.3 Å². The number of para-hydroxylation sites is 1. The molecular weight excluding hydrogens is 402 g/mol. The van der Waals surface area contributed by atoms with Crippen molar-refractivity contribution in [3.05, 3.63) is 65.7 Å². The number of amides is 2. The Labute approximate surface area is 181 Å². The lowest BCUT2D eigenvalue weighted by Gasteiger charge is -2.23. The van der Waals surface area contributed by atoms with E-state index in [1.54, 1.807) is 43.1 Å². The number of benzene rings is 2. The van der Waals surface area contributed by atoms with Gasteiger partial charge in [0, 0.05) is 20.0 Å². The standard InChI is InChI=1S/C22H25N3O4S/c1-3-29-20(27)14-13-19(26)24-22(30)25(2)18-12-8-7-11-17(18)21(28)23-15-16-9-5-4-6-10-16/h4-12H,3,13-15H2,1-2H3,(H,23,28)(H,24,26,30). The van der Waals surface area contributed by atoms with Crippen molar-refractivity contribution in [3.8, 4) is 0 Å². The summed E-state index contributed by atoms with van der Waals surface area (Å²) in [4.78, 5) is 37.7. The highest BCUT2D eigenvalue weighted by Gasteiger charge is 2.18. The Hall–Kier alpha value is -3.26. The largest absolute Gasteiger partial charge is 0.466 e. The quantitative estimate of drug-likeness (QED) is 0.498. The van der Waals surface area contributed by atoms with Crippen molar-refractivity contribution in [1.29, 1.82) is 0 Å². The minimum Gasteiger partial charge on any atom is -0.466 e. The number of nitrogens with zero attached hydrogens (tertiary/aromatic N) is 1. The molecule has 0 fully saturated rings. The Balaban J connectivity index is 1.99. The topological polar surface area (TPSA) is 87.7 Å². The van der Waals surface area contributed by atoms with Crippen molar-refractivity contribution < 1.29 is 19.1 Å². The second kappa shape index (κ2) is 11.7. The van der Waals surface area contributed by atoms with Crippen LogP contribution < -0.4 is 15.5 Å². The monoisotopic (exact) mass is 427 g/mol. The Morgan fingerprint density at radius 1 is 1.00 bits per heavy atom. The molecule has 0 radical (unpaired) electrons. The van der Waals surface area contributed by atoms with E-state index in [9.17, 15) is 14.4 Å². The highest BCUT2D eigenvalue weighted by atomic mass is 32.1. The number of carbonyl (C=O) groups is 3. The van der Waals surface area contributed by atoms with Gasteiger partial charge >= 0.3 is 5.97 Å². The van der Waals surface area contributed by atoms with Gasteiger partial charge in [-0.3, -0.25) is 14.4 Å². The highest BCUT2D eigenvalue weighted by molar-refractivity contribution is 7.80. The lowest BCUT2D eigenvalue weighted by atomic mass is 10.1. The summed E-state index contributed by atoms with van der Waals surface area (Å²) in [6.45, 7) is 2.37. The van der Waals surface area contributed by atoms with Crippen LogP contribution >= 0.6 is 12.2 Å². The molecule has 0 aliphatic heterocycles.